The van der Waals surface area contributed by atoms with Gasteiger partial charge in [0.25, 0.3) is 0 Å². The molecular formula is C14H24N2O4S. The zero-order valence-corrected chi connectivity index (χ0v) is 13.3. The van der Waals surface area contributed by atoms with Crippen molar-refractivity contribution in [3.05, 3.63) is 0 Å². The van der Waals surface area contributed by atoms with E-state index < -0.39 is 9.84 Å². The van der Waals surface area contributed by atoms with Crippen LogP contribution in [0.2, 0.25) is 0 Å². The van der Waals surface area contributed by atoms with E-state index in [1.54, 1.807) is 7.05 Å². The lowest BCUT2D eigenvalue weighted by molar-refractivity contribution is -0.136. The van der Waals surface area contributed by atoms with Crippen molar-refractivity contribution in [2.24, 2.45) is 0 Å². The van der Waals surface area contributed by atoms with E-state index in [0.29, 0.717) is 6.42 Å². The summed E-state index contributed by atoms with van der Waals surface area (Å²) in [4.78, 5) is 25.4. The van der Waals surface area contributed by atoms with Crippen LogP contribution in [-0.2, 0) is 19.4 Å². The topological polar surface area (TPSA) is 83.6 Å². The number of sulfone groups is 1. The minimum Gasteiger partial charge on any atom is -0.353 e. The van der Waals surface area contributed by atoms with E-state index in [1.807, 2.05) is 0 Å². The number of rotatable bonds is 4. The van der Waals surface area contributed by atoms with E-state index in [2.05, 4.69) is 5.32 Å². The average molecular weight is 316 g/mol. The summed E-state index contributed by atoms with van der Waals surface area (Å²) >= 11 is 0. The molecule has 21 heavy (non-hydrogen) atoms. The smallest absolute Gasteiger partial charge is 0.232 e. The molecule has 2 rings (SSSR count). The van der Waals surface area contributed by atoms with E-state index in [1.165, 1.54) is 11.3 Å². The molecule has 0 bridgehead atoms. The Morgan fingerprint density at radius 2 is 1.81 bits per heavy atom. The summed E-state index contributed by atoms with van der Waals surface area (Å²) in [6.45, 7) is 0. The maximum atomic E-state index is 12.1. The third-order valence-corrected chi connectivity index (χ3v) is 6.18. The minimum absolute atomic E-state index is 0.0134. The average Bonchev–Trinajstić information content (AvgIpc) is 2.79. The van der Waals surface area contributed by atoms with Crippen LogP contribution in [0.25, 0.3) is 0 Å². The molecule has 1 saturated heterocycles. The van der Waals surface area contributed by atoms with Gasteiger partial charge < -0.3 is 10.2 Å². The monoisotopic (exact) mass is 316 g/mol. The van der Waals surface area contributed by atoms with Gasteiger partial charge in [-0.2, -0.15) is 0 Å². The first-order valence-corrected chi connectivity index (χ1v) is 9.45. The van der Waals surface area contributed by atoms with Crippen molar-refractivity contribution in [2.45, 2.75) is 57.0 Å². The molecule has 1 atom stereocenters. The van der Waals surface area contributed by atoms with Gasteiger partial charge in [-0.3, -0.25) is 9.59 Å². The molecule has 1 heterocycles. The lowest BCUT2D eigenvalue weighted by atomic mass is 9.95. The van der Waals surface area contributed by atoms with E-state index in [-0.39, 0.29) is 41.8 Å². The summed E-state index contributed by atoms with van der Waals surface area (Å²) in [5, 5.41) is 2.91. The van der Waals surface area contributed by atoms with E-state index in [0.717, 1.165) is 25.7 Å². The van der Waals surface area contributed by atoms with E-state index in [9.17, 15) is 18.0 Å². The van der Waals surface area contributed by atoms with Gasteiger partial charge in [0.05, 0.1) is 11.5 Å². The third kappa shape index (κ3) is 4.69. The Kier molecular flexibility index (Phi) is 5.24. The summed E-state index contributed by atoms with van der Waals surface area (Å²) in [6.07, 6.45) is 5.70. The highest BCUT2D eigenvalue weighted by atomic mass is 32.2. The Morgan fingerprint density at radius 1 is 1.14 bits per heavy atom. The number of carbonyl (C=O) groups excluding carboxylic acids is 2. The zero-order chi connectivity index (χ0) is 15.5. The SMILES string of the molecule is CN(C(=O)CC(=O)NC1CCCCC1)C1CCS(=O)(=O)C1. The molecule has 120 valence electrons. The summed E-state index contributed by atoms with van der Waals surface area (Å²) in [5.41, 5.74) is 0. The van der Waals surface area contributed by atoms with Crippen LogP contribution >= 0.6 is 0 Å². The van der Waals surface area contributed by atoms with Gasteiger partial charge in [-0.25, -0.2) is 8.42 Å². The lowest BCUT2D eigenvalue weighted by Gasteiger charge is -2.25. The maximum absolute atomic E-state index is 12.1. The normalized spacial score (nSPS) is 25.5. The fourth-order valence-electron chi connectivity index (χ4n) is 3.07. The van der Waals surface area contributed by atoms with Gasteiger partial charge in [0.15, 0.2) is 9.84 Å². The zero-order valence-electron chi connectivity index (χ0n) is 12.5. The Labute approximate surface area is 126 Å². The number of nitrogens with zero attached hydrogens (tertiary/aromatic N) is 1. The fraction of sp³-hybridized carbons (Fsp3) is 0.857. The molecular weight excluding hydrogens is 292 g/mol. The van der Waals surface area contributed by atoms with Crippen molar-refractivity contribution in [1.82, 2.24) is 10.2 Å². The van der Waals surface area contributed by atoms with Crippen molar-refractivity contribution < 1.29 is 18.0 Å². The van der Waals surface area contributed by atoms with Gasteiger partial charge in [0.1, 0.15) is 6.42 Å². The molecule has 0 radical (unpaired) electrons. The largest absolute Gasteiger partial charge is 0.353 e. The number of amides is 2. The number of hydrogen-bond acceptors (Lipinski definition) is 4. The highest BCUT2D eigenvalue weighted by molar-refractivity contribution is 7.91. The highest BCUT2D eigenvalue weighted by Gasteiger charge is 2.33. The molecule has 6 nitrogen and oxygen atoms in total. The Bertz CT molecular complexity index is 497. The summed E-state index contributed by atoms with van der Waals surface area (Å²) in [6, 6.07) is -0.0961. The Balaban J connectivity index is 1.79. The minimum atomic E-state index is -3.02. The predicted octanol–water partition coefficient (Wildman–Crippen LogP) is 0.471. The molecule has 2 fully saturated rings. The van der Waals surface area contributed by atoms with Crippen LogP contribution in [0.15, 0.2) is 0 Å². The summed E-state index contributed by atoms with van der Waals surface area (Å²) in [7, 11) is -1.43. The molecule has 1 aliphatic carbocycles. The lowest BCUT2D eigenvalue weighted by Crippen LogP contribution is -2.42. The molecule has 7 heteroatoms. The van der Waals surface area contributed by atoms with Gasteiger partial charge in [0, 0.05) is 19.1 Å². The van der Waals surface area contributed by atoms with Crippen LogP contribution in [0.5, 0.6) is 0 Å². The second-order valence-corrected chi connectivity index (χ2v) is 8.37. The molecule has 1 saturated carbocycles. The number of hydrogen-bond donors (Lipinski definition) is 1. The van der Waals surface area contributed by atoms with Gasteiger partial charge >= 0.3 is 0 Å². The van der Waals surface area contributed by atoms with Crippen LogP contribution in [0.4, 0.5) is 0 Å². The van der Waals surface area contributed by atoms with Crippen molar-refractivity contribution in [3.8, 4) is 0 Å². The summed E-state index contributed by atoms with van der Waals surface area (Å²) in [5.74, 6) is -0.409. The van der Waals surface area contributed by atoms with Crippen LogP contribution in [0.1, 0.15) is 44.9 Å². The molecule has 2 amide bonds. The Hall–Kier alpha value is -1.11. The molecule has 0 aromatic rings. The van der Waals surface area contributed by atoms with Crippen molar-refractivity contribution in [2.75, 3.05) is 18.6 Å². The van der Waals surface area contributed by atoms with Gasteiger partial charge in [-0.05, 0) is 19.3 Å². The first kappa shape index (κ1) is 16.3. The fourth-order valence-corrected chi connectivity index (χ4v) is 4.85. The molecule has 0 aromatic heterocycles. The van der Waals surface area contributed by atoms with Crippen LogP contribution in [-0.4, -0.2) is 55.8 Å². The second-order valence-electron chi connectivity index (χ2n) is 6.14. The predicted molar refractivity (Wildman–Crippen MR) is 79.5 cm³/mol. The van der Waals surface area contributed by atoms with Crippen LogP contribution in [0.3, 0.4) is 0 Å². The summed E-state index contributed by atoms with van der Waals surface area (Å²) < 4.78 is 22.9. The van der Waals surface area contributed by atoms with Crippen molar-refractivity contribution in [3.63, 3.8) is 0 Å². The van der Waals surface area contributed by atoms with Crippen LogP contribution in [0, 0.1) is 0 Å². The maximum Gasteiger partial charge on any atom is 0.232 e. The van der Waals surface area contributed by atoms with Gasteiger partial charge in [0.2, 0.25) is 11.8 Å². The van der Waals surface area contributed by atoms with E-state index in [4.69, 9.17) is 0 Å². The van der Waals surface area contributed by atoms with Gasteiger partial charge in [-0.15, -0.1) is 0 Å². The molecule has 0 aromatic carbocycles. The van der Waals surface area contributed by atoms with Crippen molar-refractivity contribution >= 4 is 21.7 Å². The number of nitrogens with one attached hydrogen (secondary N) is 1. The first-order valence-electron chi connectivity index (χ1n) is 7.63. The van der Waals surface area contributed by atoms with Crippen LogP contribution < -0.4 is 5.32 Å². The molecule has 1 aliphatic heterocycles. The van der Waals surface area contributed by atoms with E-state index >= 15 is 0 Å². The molecule has 0 spiro atoms. The first-order chi connectivity index (χ1) is 9.87. The van der Waals surface area contributed by atoms with Crippen molar-refractivity contribution in [1.29, 1.82) is 0 Å². The second kappa shape index (κ2) is 6.77. The Morgan fingerprint density at radius 3 is 2.38 bits per heavy atom. The molecule has 2 aliphatic rings. The third-order valence-electron chi connectivity index (χ3n) is 4.43. The number of carbonyl (C=O) groups is 2. The highest BCUT2D eigenvalue weighted by Crippen LogP contribution is 2.18. The van der Waals surface area contributed by atoms with Gasteiger partial charge in [-0.1, -0.05) is 19.3 Å². The quantitative estimate of drug-likeness (QED) is 0.764. The molecule has 1 N–H and O–H groups in total. The molecule has 1 unspecified atom stereocenters. The standard InChI is InChI=1S/C14H24N2O4S/c1-16(12-7-8-21(19,20)10-12)14(18)9-13(17)15-11-5-3-2-4-6-11/h11-12H,2-10H2,1H3,(H,15,17).